The Morgan fingerprint density at radius 2 is 2.00 bits per heavy atom. The van der Waals surface area contributed by atoms with Crippen molar-refractivity contribution in [2.24, 2.45) is 0 Å². The van der Waals surface area contributed by atoms with Crippen LogP contribution in [-0.4, -0.2) is 36.1 Å². The largest absolute Gasteiger partial charge is 0.504 e. The number of likely N-dealkylation sites (tertiary alicyclic amines) is 1. The van der Waals surface area contributed by atoms with E-state index in [-0.39, 0.29) is 11.7 Å². The van der Waals surface area contributed by atoms with Crippen LogP contribution in [0.3, 0.4) is 0 Å². The van der Waals surface area contributed by atoms with Crippen LogP contribution in [0.5, 0.6) is 11.5 Å². The van der Waals surface area contributed by atoms with E-state index in [1.165, 1.54) is 13.5 Å². The topological polar surface area (TPSA) is 49.8 Å². The molecule has 1 aliphatic rings. The van der Waals surface area contributed by atoms with Crippen molar-refractivity contribution in [3.05, 3.63) is 42.0 Å². The number of ether oxygens (including phenoxy) is 1. The number of benzene rings is 1. The van der Waals surface area contributed by atoms with Crippen molar-refractivity contribution in [1.82, 2.24) is 4.90 Å². The SMILES string of the molecule is COc1cc(/C=C/C=C/C(=O)N2CCCCC2)ccc1O. The third kappa shape index (κ3) is 4.38. The molecule has 1 saturated heterocycles. The van der Waals surface area contributed by atoms with Crippen LogP contribution in [-0.2, 0) is 4.79 Å². The first-order valence-electron chi connectivity index (χ1n) is 7.21. The molecule has 1 heterocycles. The number of phenolic OH excluding ortho intramolecular Hbond substituents is 1. The summed E-state index contributed by atoms with van der Waals surface area (Å²) in [6.45, 7) is 1.73. The standard InChI is InChI=1S/C17H21NO3/c1-21-16-13-14(9-10-15(16)19)7-3-4-8-17(20)18-11-5-2-6-12-18/h3-4,7-10,13,19H,2,5-6,11-12H2,1H3/b7-3+,8-4+. The van der Waals surface area contributed by atoms with Gasteiger partial charge in [-0.15, -0.1) is 0 Å². The predicted octanol–water partition coefficient (Wildman–Crippen LogP) is 2.98. The minimum Gasteiger partial charge on any atom is -0.504 e. The first-order chi connectivity index (χ1) is 10.2. The highest BCUT2D eigenvalue weighted by molar-refractivity contribution is 5.88. The summed E-state index contributed by atoms with van der Waals surface area (Å²) in [7, 11) is 1.51. The molecule has 0 atom stereocenters. The highest BCUT2D eigenvalue weighted by Crippen LogP contribution is 2.26. The Balaban J connectivity index is 1.92. The van der Waals surface area contributed by atoms with Crippen LogP contribution in [0, 0.1) is 0 Å². The predicted molar refractivity (Wildman–Crippen MR) is 83.3 cm³/mol. The van der Waals surface area contributed by atoms with Crippen LogP contribution >= 0.6 is 0 Å². The number of rotatable bonds is 4. The Labute approximate surface area is 125 Å². The van der Waals surface area contributed by atoms with Crippen LogP contribution in [0.15, 0.2) is 36.4 Å². The van der Waals surface area contributed by atoms with Gasteiger partial charge in [-0.1, -0.05) is 24.3 Å². The monoisotopic (exact) mass is 287 g/mol. The molecular weight excluding hydrogens is 266 g/mol. The van der Waals surface area contributed by atoms with Gasteiger partial charge in [0.05, 0.1) is 7.11 Å². The number of nitrogens with zero attached hydrogens (tertiary/aromatic N) is 1. The molecule has 1 aromatic carbocycles. The van der Waals surface area contributed by atoms with Crippen LogP contribution in [0.4, 0.5) is 0 Å². The molecule has 0 radical (unpaired) electrons. The van der Waals surface area contributed by atoms with Gasteiger partial charge in [0.25, 0.3) is 0 Å². The number of hydrogen-bond acceptors (Lipinski definition) is 3. The zero-order chi connectivity index (χ0) is 15.1. The lowest BCUT2D eigenvalue weighted by Gasteiger charge is -2.25. The molecule has 1 fully saturated rings. The molecule has 1 N–H and O–H groups in total. The van der Waals surface area contributed by atoms with Crippen molar-refractivity contribution < 1.29 is 14.6 Å². The first kappa shape index (κ1) is 15.2. The van der Waals surface area contributed by atoms with Gasteiger partial charge in [-0.3, -0.25) is 4.79 Å². The van der Waals surface area contributed by atoms with Crippen LogP contribution < -0.4 is 4.74 Å². The van der Waals surface area contributed by atoms with E-state index in [2.05, 4.69) is 0 Å². The molecule has 0 saturated carbocycles. The summed E-state index contributed by atoms with van der Waals surface area (Å²) < 4.78 is 5.05. The molecule has 1 amide bonds. The normalized spacial score (nSPS) is 15.8. The fourth-order valence-electron chi connectivity index (χ4n) is 2.32. The van der Waals surface area contributed by atoms with Gasteiger partial charge < -0.3 is 14.7 Å². The maximum atomic E-state index is 11.9. The molecule has 0 unspecified atom stereocenters. The number of phenols is 1. The third-order valence-corrected chi connectivity index (χ3v) is 3.51. The third-order valence-electron chi connectivity index (χ3n) is 3.51. The molecule has 0 spiro atoms. The maximum Gasteiger partial charge on any atom is 0.246 e. The van der Waals surface area contributed by atoms with Crippen molar-refractivity contribution >= 4 is 12.0 Å². The molecule has 4 nitrogen and oxygen atoms in total. The highest BCUT2D eigenvalue weighted by Gasteiger charge is 2.13. The second kappa shape index (κ2) is 7.53. The van der Waals surface area contributed by atoms with Gasteiger partial charge in [-0.05, 0) is 37.0 Å². The maximum absolute atomic E-state index is 11.9. The summed E-state index contributed by atoms with van der Waals surface area (Å²) in [5.74, 6) is 0.624. The van der Waals surface area contributed by atoms with Gasteiger partial charge in [0, 0.05) is 19.2 Å². The minimum absolute atomic E-state index is 0.0719. The Bertz CT molecular complexity index is 543. The minimum atomic E-state index is 0.0719. The van der Waals surface area contributed by atoms with E-state index in [9.17, 15) is 9.90 Å². The molecule has 0 aliphatic carbocycles. The van der Waals surface area contributed by atoms with Crippen molar-refractivity contribution in [3.63, 3.8) is 0 Å². The molecule has 21 heavy (non-hydrogen) atoms. The quantitative estimate of drug-likeness (QED) is 0.684. The van der Waals surface area contributed by atoms with Crippen LogP contribution in [0.25, 0.3) is 6.08 Å². The number of piperidine rings is 1. The van der Waals surface area contributed by atoms with Crippen molar-refractivity contribution in [2.75, 3.05) is 20.2 Å². The average molecular weight is 287 g/mol. The summed E-state index contributed by atoms with van der Waals surface area (Å²) in [6.07, 6.45) is 10.4. The summed E-state index contributed by atoms with van der Waals surface area (Å²) >= 11 is 0. The van der Waals surface area contributed by atoms with E-state index in [4.69, 9.17) is 4.74 Å². The second-order valence-corrected chi connectivity index (χ2v) is 5.04. The van der Waals surface area contributed by atoms with E-state index in [0.29, 0.717) is 5.75 Å². The van der Waals surface area contributed by atoms with Crippen molar-refractivity contribution in [2.45, 2.75) is 19.3 Å². The molecule has 4 heteroatoms. The van der Waals surface area contributed by atoms with E-state index in [1.54, 1.807) is 30.4 Å². The molecule has 2 rings (SSSR count). The summed E-state index contributed by atoms with van der Waals surface area (Å²) in [5, 5.41) is 9.51. The number of carbonyl (C=O) groups excluding carboxylic acids is 1. The number of hydrogen-bond donors (Lipinski definition) is 1. The van der Waals surface area contributed by atoms with E-state index in [0.717, 1.165) is 31.5 Å². The fraction of sp³-hybridized carbons (Fsp3) is 0.353. The van der Waals surface area contributed by atoms with Gasteiger partial charge >= 0.3 is 0 Å². The number of allylic oxidation sites excluding steroid dienone is 2. The smallest absolute Gasteiger partial charge is 0.246 e. The Morgan fingerprint density at radius 3 is 2.71 bits per heavy atom. The zero-order valence-corrected chi connectivity index (χ0v) is 12.3. The van der Waals surface area contributed by atoms with Crippen LogP contribution in [0.2, 0.25) is 0 Å². The van der Waals surface area contributed by atoms with Gasteiger partial charge in [0.15, 0.2) is 11.5 Å². The summed E-state index contributed by atoms with van der Waals surface area (Å²) in [4.78, 5) is 13.8. The van der Waals surface area contributed by atoms with E-state index >= 15 is 0 Å². The average Bonchev–Trinajstić information content (AvgIpc) is 2.53. The Hall–Kier alpha value is -2.23. The number of aromatic hydroxyl groups is 1. The summed E-state index contributed by atoms with van der Waals surface area (Å²) in [6, 6.07) is 5.11. The zero-order valence-electron chi connectivity index (χ0n) is 12.3. The van der Waals surface area contributed by atoms with E-state index < -0.39 is 0 Å². The fourth-order valence-corrected chi connectivity index (χ4v) is 2.32. The lowest BCUT2D eigenvalue weighted by atomic mass is 10.1. The lowest BCUT2D eigenvalue weighted by molar-refractivity contribution is -0.126. The Morgan fingerprint density at radius 1 is 1.24 bits per heavy atom. The van der Waals surface area contributed by atoms with E-state index in [1.807, 2.05) is 17.1 Å². The van der Waals surface area contributed by atoms with Crippen molar-refractivity contribution in [3.8, 4) is 11.5 Å². The van der Waals surface area contributed by atoms with Crippen molar-refractivity contribution in [1.29, 1.82) is 0 Å². The second-order valence-electron chi connectivity index (χ2n) is 5.04. The van der Waals surface area contributed by atoms with Crippen LogP contribution in [0.1, 0.15) is 24.8 Å². The molecule has 1 aromatic rings. The Kier molecular flexibility index (Phi) is 5.43. The number of carbonyl (C=O) groups is 1. The molecular formula is C17H21NO3. The van der Waals surface area contributed by atoms with Gasteiger partial charge in [-0.25, -0.2) is 0 Å². The number of amides is 1. The highest BCUT2D eigenvalue weighted by atomic mass is 16.5. The van der Waals surface area contributed by atoms with Gasteiger partial charge in [0.2, 0.25) is 5.91 Å². The number of methoxy groups -OCH3 is 1. The lowest BCUT2D eigenvalue weighted by Crippen LogP contribution is -2.34. The molecule has 112 valence electrons. The molecule has 1 aliphatic heterocycles. The van der Waals surface area contributed by atoms with Gasteiger partial charge in [0.1, 0.15) is 0 Å². The van der Waals surface area contributed by atoms with Gasteiger partial charge in [-0.2, -0.15) is 0 Å². The molecule has 0 aromatic heterocycles. The molecule has 0 bridgehead atoms. The first-order valence-corrected chi connectivity index (χ1v) is 7.21. The summed E-state index contributed by atoms with van der Waals surface area (Å²) in [5.41, 5.74) is 0.903.